The average Bonchev–Trinajstić information content (AvgIpc) is 3.20. The Kier molecular flexibility index (Phi) is 3.96. The summed E-state index contributed by atoms with van der Waals surface area (Å²) in [5.74, 6) is -0.217. The van der Waals surface area contributed by atoms with Crippen LogP contribution in [0.25, 0.3) is 15.9 Å². The summed E-state index contributed by atoms with van der Waals surface area (Å²) in [7, 11) is 0. The van der Waals surface area contributed by atoms with Gasteiger partial charge in [0.1, 0.15) is 11.6 Å². The summed E-state index contributed by atoms with van der Waals surface area (Å²) in [6.07, 6.45) is 0. The van der Waals surface area contributed by atoms with E-state index in [1.54, 1.807) is 19.1 Å². The Bertz CT molecular complexity index is 1120. The highest BCUT2D eigenvalue weighted by Gasteiger charge is 2.17. The quantitative estimate of drug-likeness (QED) is 0.596. The Morgan fingerprint density at radius 2 is 1.88 bits per heavy atom. The van der Waals surface area contributed by atoms with Crippen molar-refractivity contribution in [2.24, 2.45) is 0 Å². The van der Waals surface area contributed by atoms with E-state index in [1.165, 1.54) is 28.2 Å². The van der Waals surface area contributed by atoms with E-state index in [-0.39, 0.29) is 11.6 Å². The zero-order valence-corrected chi connectivity index (χ0v) is 14.8. The van der Waals surface area contributed by atoms with Gasteiger partial charge in [0.25, 0.3) is 5.91 Å². The molecule has 4 aromatic rings. The highest BCUT2D eigenvalue weighted by molar-refractivity contribution is 7.22. The van der Waals surface area contributed by atoms with Crippen molar-refractivity contribution >= 4 is 32.6 Å². The molecule has 4 rings (SSSR count). The van der Waals surface area contributed by atoms with Crippen molar-refractivity contribution in [2.45, 2.75) is 13.8 Å². The molecule has 0 fully saturated rings. The number of aryl methyl sites for hydroxylation is 2. The summed E-state index contributed by atoms with van der Waals surface area (Å²) in [6, 6.07) is 11.7. The average molecular weight is 367 g/mol. The van der Waals surface area contributed by atoms with E-state index in [4.69, 9.17) is 0 Å². The van der Waals surface area contributed by atoms with Crippen LogP contribution in [0.4, 0.5) is 9.52 Å². The first kappa shape index (κ1) is 16.3. The molecule has 2 aromatic heterocycles. The molecule has 1 amide bonds. The number of carbonyl (C=O) groups excluding carboxylic acids is 1. The van der Waals surface area contributed by atoms with Gasteiger partial charge in [-0.25, -0.2) is 19.0 Å². The molecule has 0 aliphatic heterocycles. The molecule has 0 atom stereocenters. The molecule has 0 bridgehead atoms. The third-order valence-electron chi connectivity index (χ3n) is 3.88. The Morgan fingerprint density at radius 1 is 1.12 bits per heavy atom. The minimum Gasteiger partial charge on any atom is -0.295 e. The van der Waals surface area contributed by atoms with E-state index >= 15 is 0 Å². The molecule has 0 aliphatic carbocycles. The fourth-order valence-electron chi connectivity index (χ4n) is 2.61. The van der Waals surface area contributed by atoms with Gasteiger partial charge in [-0.2, -0.15) is 0 Å². The molecule has 0 spiro atoms. The fraction of sp³-hybridized carbons (Fsp3) is 0.111. The predicted molar refractivity (Wildman–Crippen MR) is 98.4 cm³/mol. The second kappa shape index (κ2) is 6.30. The standard InChI is InChI=1S/C18H14FN5OS/c1-10-4-3-5-14-15(10)21-18(26-14)22-17(25)16-20-11(2)24(23-16)13-8-6-12(19)7-9-13/h3-9H,1-2H3,(H,21,22,25). The number of hydrogen-bond acceptors (Lipinski definition) is 5. The van der Waals surface area contributed by atoms with Crippen LogP contribution in [0, 0.1) is 19.7 Å². The molecule has 0 saturated heterocycles. The van der Waals surface area contributed by atoms with Crippen molar-refractivity contribution in [1.29, 1.82) is 0 Å². The number of hydrogen-bond donors (Lipinski definition) is 1. The number of aromatic nitrogens is 4. The SMILES string of the molecule is Cc1cccc2sc(NC(=O)c3nc(C)n(-c4ccc(F)cc4)n3)nc12. The number of halogens is 1. The number of anilines is 1. The van der Waals surface area contributed by atoms with Crippen LogP contribution in [0.1, 0.15) is 22.0 Å². The second-order valence-corrected chi connectivity index (χ2v) is 6.80. The van der Waals surface area contributed by atoms with Crippen LogP contribution < -0.4 is 5.32 Å². The first-order valence-corrected chi connectivity index (χ1v) is 8.70. The number of nitrogens with one attached hydrogen (secondary N) is 1. The molecule has 8 heteroatoms. The van der Waals surface area contributed by atoms with Crippen LogP contribution in [-0.4, -0.2) is 25.7 Å². The lowest BCUT2D eigenvalue weighted by atomic mass is 10.2. The van der Waals surface area contributed by atoms with Gasteiger partial charge in [0, 0.05) is 0 Å². The Hall–Kier alpha value is -3.13. The molecular weight excluding hydrogens is 353 g/mol. The van der Waals surface area contributed by atoms with Crippen LogP contribution in [0.3, 0.4) is 0 Å². The van der Waals surface area contributed by atoms with E-state index in [2.05, 4.69) is 20.4 Å². The first-order chi connectivity index (χ1) is 12.5. The first-order valence-electron chi connectivity index (χ1n) is 7.88. The Morgan fingerprint density at radius 3 is 2.62 bits per heavy atom. The van der Waals surface area contributed by atoms with E-state index in [9.17, 15) is 9.18 Å². The number of fused-ring (bicyclic) bond motifs is 1. The molecule has 0 radical (unpaired) electrons. The molecule has 0 unspecified atom stereocenters. The van der Waals surface area contributed by atoms with E-state index in [1.807, 2.05) is 25.1 Å². The van der Waals surface area contributed by atoms with Gasteiger partial charge in [-0.15, -0.1) is 5.10 Å². The summed E-state index contributed by atoms with van der Waals surface area (Å²) < 4.78 is 15.6. The van der Waals surface area contributed by atoms with Crippen LogP contribution >= 0.6 is 11.3 Å². The summed E-state index contributed by atoms with van der Waals surface area (Å²) in [5.41, 5.74) is 2.55. The number of para-hydroxylation sites is 1. The van der Waals surface area contributed by atoms with Crippen molar-refractivity contribution in [3.05, 3.63) is 65.5 Å². The van der Waals surface area contributed by atoms with Gasteiger partial charge in [-0.1, -0.05) is 23.5 Å². The molecule has 0 aliphatic rings. The summed E-state index contributed by atoms with van der Waals surface area (Å²) in [6.45, 7) is 3.71. The maximum atomic E-state index is 13.1. The van der Waals surface area contributed by atoms with Gasteiger partial charge in [0.2, 0.25) is 5.82 Å². The number of thiazole rings is 1. The normalized spacial score (nSPS) is 11.0. The van der Waals surface area contributed by atoms with Crippen molar-refractivity contribution in [1.82, 2.24) is 19.7 Å². The minimum atomic E-state index is -0.439. The van der Waals surface area contributed by atoms with Gasteiger partial charge in [-0.3, -0.25) is 10.1 Å². The number of rotatable bonds is 3. The molecule has 130 valence electrons. The Labute approximate surface area is 152 Å². The maximum Gasteiger partial charge on any atom is 0.297 e. The molecule has 26 heavy (non-hydrogen) atoms. The minimum absolute atomic E-state index is 0.0304. The predicted octanol–water partition coefficient (Wildman–Crippen LogP) is 3.89. The molecule has 0 saturated carbocycles. The lowest BCUT2D eigenvalue weighted by molar-refractivity contribution is 0.101. The summed E-state index contributed by atoms with van der Waals surface area (Å²) >= 11 is 1.40. The van der Waals surface area contributed by atoms with Gasteiger partial charge < -0.3 is 0 Å². The number of carbonyl (C=O) groups is 1. The Balaban J connectivity index is 1.61. The monoisotopic (exact) mass is 367 g/mol. The number of amides is 1. The van der Waals surface area contributed by atoms with Crippen molar-refractivity contribution < 1.29 is 9.18 Å². The fourth-order valence-corrected chi connectivity index (χ4v) is 3.54. The maximum absolute atomic E-state index is 13.1. The van der Waals surface area contributed by atoms with Crippen LogP contribution in [0.2, 0.25) is 0 Å². The smallest absolute Gasteiger partial charge is 0.295 e. The van der Waals surface area contributed by atoms with Crippen molar-refractivity contribution in [3.8, 4) is 5.69 Å². The lowest BCUT2D eigenvalue weighted by Gasteiger charge is -2.01. The highest BCUT2D eigenvalue weighted by Crippen LogP contribution is 2.28. The van der Waals surface area contributed by atoms with Crippen LogP contribution in [0.5, 0.6) is 0 Å². The van der Waals surface area contributed by atoms with Crippen LogP contribution in [0.15, 0.2) is 42.5 Å². The van der Waals surface area contributed by atoms with Gasteiger partial charge in [0.15, 0.2) is 5.13 Å². The zero-order chi connectivity index (χ0) is 18.3. The number of nitrogens with zero attached hydrogens (tertiary/aromatic N) is 4. The van der Waals surface area contributed by atoms with E-state index in [0.29, 0.717) is 16.6 Å². The third-order valence-corrected chi connectivity index (χ3v) is 4.82. The zero-order valence-electron chi connectivity index (χ0n) is 14.0. The summed E-state index contributed by atoms with van der Waals surface area (Å²) in [5, 5.41) is 7.47. The molecule has 1 N–H and O–H groups in total. The topological polar surface area (TPSA) is 72.7 Å². The van der Waals surface area contributed by atoms with Gasteiger partial charge in [0.05, 0.1) is 15.9 Å². The molecule has 6 nitrogen and oxygen atoms in total. The van der Waals surface area contributed by atoms with Gasteiger partial charge in [-0.05, 0) is 49.7 Å². The summed E-state index contributed by atoms with van der Waals surface area (Å²) in [4.78, 5) is 21.1. The van der Waals surface area contributed by atoms with Crippen LogP contribution in [-0.2, 0) is 0 Å². The largest absolute Gasteiger partial charge is 0.297 e. The van der Waals surface area contributed by atoms with E-state index in [0.717, 1.165) is 15.8 Å². The number of benzene rings is 2. The second-order valence-electron chi connectivity index (χ2n) is 5.77. The lowest BCUT2D eigenvalue weighted by Crippen LogP contribution is -2.14. The van der Waals surface area contributed by atoms with Crippen molar-refractivity contribution in [2.75, 3.05) is 5.32 Å². The molecule has 2 heterocycles. The van der Waals surface area contributed by atoms with Crippen molar-refractivity contribution in [3.63, 3.8) is 0 Å². The molecular formula is C18H14FN5OS. The van der Waals surface area contributed by atoms with Gasteiger partial charge >= 0.3 is 0 Å². The highest BCUT2D eigenvalue weighted by atomic mass is 32.1. The third kappa shape index (κ3) is 2.95. The van der Waals surface area contributed by atoms with E-state index < -0.39 is 5.91 Å². The molecule has 2 aromatic carbocycles.